The lowest BCUT2D eigenvalue weighted by Gasteiger charge is -2.32. The van der Waals surface area contributed by atoms with Crippen LogP contribution >= 0.6 is 0 Å². The monoisotopic (exact) mass is 307 g/mol. The zero-order valence-electron chi connectivity index (χ0n) is 14.8. The topological polar surface area (TPSA) is 3.24 Å². The third-order valence-corrected chi connectivity index (χ3v) is 5.50. The molecule has 1 aliphatic heterocycles. The lowest BCUT2D eigenvalue weighted by molar-refractivity contribution is 0.175. The highest BCUT2D eigenvalue weighted by atomic mass is 15.1. The standard InChI is InChI=1S/C22H29N/c1-4-17-11-13-23(14-12-17)16-22-20(6-3)18(5-2)15-19-9-7-8-10-21(19)22/h5-10,15,17H,4,11-14,16H2,1-3H3/b18-5-,20-6+. The number of benzene rings is 2. The minimum atomic E-state index is 0.940. The van der Waals surface area contributed by atoms with Crippen LogP contribution in [-0.2, 0) is 6.54 Å². The molecule has 0 aromatic heterocycles. The average Bonchev–Trinajstić information content (AvgIpc) is 2.62. The molecule has 1 heterocycles. The quantitative estimate of drug-likeness (QED) is 0.826. The Morgan fingerprint density at radius 3 is 2.48 bits per heavy atom. The molecule has 0 radical (unpaired) electrons. The molecule has 0 saturated carbocycles. The van der Waals surface area contributed by atoms with Crippen molar-refractivity contribution in [1.82, 2.24) is 4.90 Å². The molecule has 0 amide bonds. The molecule has 0 N–H and O–H groups in total. The van der Waals surface area contributed by atoms with Gasteiger partial charge in [0.2, 0.25) is 0 Å². The number of fused-ring (bicyclic) bond motifs is 1. The van der Waals surface area contributed by atoms with E-state index in [0.29, 0.717) is 0 Å². The molecule has 2 aromatic rings. The molecule has 0 bridgehead atoms. The van der Waals surface area contributed by atoms with Gasteiger partial charge in [0.05, 0.1) is 0 Å². The summed E-state index contributed by atoms with van der Waals surface area (Å²) < 4.78 is 0. The third-order valence-electron chi connectivity index (χ3n) is 5.50. The third kappa shape index (κ3) is 3.35. The van der Waals surface area contributed by atoms with Crippen LogP contribution < -0.4 is 10.4 Å². The van der Waals surface area contributed by atoms with Crippen LogP contribution in [-0.4, -0.2) is 18.0 Å². The number of likely N-dealkylation sites (tertiary alicyclic amines) is 1. The molecule has 1 aliphatic rings. The predicted molar refractivity (Wildman–Crippen MR) is 102 cm³/mol. The second-order valence-corrected chi connectivity index (χ2v) is 6.78. The summed E-state index contributed by atoms with van der Waals surface area (Å²) in [6, 6.07) is 11.2. The van der Waals surface area contributed by atoms with Crippen molar-refractivity contribution in [3.63, 3.8) is 0 Å². The van der Waals surface area contributed by atoms with Crippen molar-refractivity contribution < 1.29 is 0 Å². The number of rotatable bonds is 3. The Morgan fingerprint density at radius 2 is 1.83 bits per heavy atom. The molecule has 2 aromatic carbocycles. The van der Waals surface area contributed by atoms with E-state index in [2.05, 4.69) is 68.2 Å². The summed E-state index contributed by atoms with van der Waals surface area (Å²) >= 11 is 0. The molecule has 0 spiro atoms. The Balaban J connectivity index is 2.02. The van der Waals surface area contributed by atoms with Crippen molar-refractivity contribution in [1.29, 1.82) is 0 Å². The maximum Gasteiger partial charge on any atom is 0.0245 e. The van der Waals surface area contributed by atoms with E-state index in [1.54, 1.807) is 0 Å². The SMILES string of the molecule is C/C=c1/cc2ccccc2c(CN2CCC(CC)CC2)/c1=C/C. The second-order valence-electron chi connectivity index (χ2n) is 6.78. The normalized spacial score (nSPS) is 18.9. The van der Waals surface area contributed by atoms with Crippen LogP contribution in [0.5, 0.6) is 0 Å². The van der Waals surface area contributed by atoms with Crippen LogP contribution in [0.2, 0.25) is 0 Å². The van der Waals surface area contributed by atoms with Crippen molar-refractivity contribution in [2.75, 3.05) is 13.1 Å². The largest absolute Gasteiger partial charge is 0.299 e. The Hall–Kier alpha value is -1.60. The first kappa shape index (κ1) is 16.3. The smallest absolute Gasteiger partial charge is 0.0245 e. The minimum Gasteiger partial charge on any atom is -0.299 e. The first-order chi connectivity index (χ1) is 11.3. The molecule has 1 fully saturated rings. The molecule has 0 unspecified atom stereocenters. The number of piperidine rings is 1. The minimum absolute atomic E-state index is 0.940. The van der Waals surface area contributed by atoms with Crippen molar-refractivity contribution in [3.8, 4) is 0 Å². The highest BCUT2D eigenvalue weighted by molar-refractivity contribution is 5.86. The highest BCUT2D eigenvalue weighted by Gasteiger charge is 2.18. The molecule has 23 heavy (non-hydrogen) atoms. The maximum atomic E-state index is 2.65. The van der Waals surface area contributed by atoms with Crippen molar-refractivity contribution >= 4 is 22.9 Å². The van der Waals surface area contributed by atoms with Gasteiger partial charge in [0.15, 0.2) is 0 Å². The van der Waals surface area contributed by atoms with Gasteiger partial charge in [-0.1, -0.05) is 49.8 Å². The van der Waals surface area contributed by atoms with Crippen LogP contribution in [0.3, 0.4) is 0 Å². The Bertz CT molecular complexity index is 779. The van der Waals surface area contributed by atoms with Crippen LogP contribution in [0.25, 0.3) is 22.9 Å². The van der Waals surface area contributed by atoms with Gasteiger partial charge in [-0.25, -0.2) is 0 Å². The van der Waals surface area contributed by atoms with Gasteiger partial charge in [0, 0.05) is 6.54 Å². The van der Waals surface area contributed by atoms with E-state index in [0.717, 1.165) is 12.5 Å². The predicted octanol–water partition coefficient (Wildman–Crippen LogP) is 4.06. The van der Waals surface area contributed by atoms with Crippen LogP contribution in [0.15, 0.2) is 30.3 Å². The summed E-state index contributed by atoms with van der Waals surface area (Å²) in [5.74, 6) is 0.940. The van der Waals surface area contributed by atoms with Gasteiger partial charge in [-0.05, 0) is 78.5 Å². The molecular weight excluding hydrogens is 278 g/mol. The van der Waals surface area contributed by atoms with E-state index in [9.17, 15) is 0 Å². The number of hydrogen-bond acceptors (Lipinski definition) is 1. The zero-order chi connectivity index (χ0) is 16.2. The van der Waals surface area contributed by atoms with E-state index >= 15 is 0 Å². The number of nitrogens with zero attached hydrogens (tertiary/aromatic N) is 1. The van der Waals surface area contributed by atoms with Crippen molar-refractivity contribution in [2.45, 2.75) is 46.6 Å². The van der Waals surface area contributed by atoms with Gasteiger partial charge in [0.1, 0.15) is 0 Å². The van der Waals surface area contributed by atoms with Gasteiger partial charge < -0.3 is 0 Å². The molecule has 1 saturated heterocycles. The second kappa shape index (κ2) is 7.31. The Labute approximate surface area is 140 Å². The highest BCUT2D eigenvalue weighted by Crippen LogP contribution is 2.22. The van der Waals surface area contributed by atoms with Crippen LogP contribution in [0.1, 0.15) is 45.6 Å². The molecule has 1 heteroatoms. The first-order valence-corrected chi connectivity index (χ1v) is 9.12. The molecule has 3 rings (SSSR count). The maximum absolute atomic E-state index is 2.65. The van der Waals surface area contributed by atoms with Gasteiger partial charge in [0.25, 0.3) is 0 Å². The fourth-order valence-electron chi connectivity index (χ4n) is 3.99. The van der Waals surface area contributed by atoms with Crippen LogP contribution in [0, 0.1) is 5.92 Å². The van der Waals surface area contributed by atoms with E-state index < -0.39 is 0 Å². The number of hydrogen-bond donors (Lipinski definition) is 0. The van der Waals surface area contributed by atoms with E-state index in [-0.39, 0.29) is 0 Å². The molecular formula is C22H29N. The summed E-state index contributed by atoms with van der Waals surface area (Å²) in [4.78, 5) is 2.65. The molecule has 0 aliphatic carbocycles. The Morgan fingerprint density at radius 1 is 1.09 bits per heavy atom. The zero-order valence-corrected chi connectivity index (χ0v) is 14.8. The summed E-state index contributed by atoms with van der Waals surface area (Å²) in [5, 5.41) is 5.57. The first-order valence-electron chi connectivity index (χ1n) is 9.12. The van der Waals surface area contributed by atoms with Gasteiger partial charge in [-0.15, -0.1) is 0 Å². The molecule has 122 valence electrons. The molecule has 0 atom stereocenters. The van der Waals surface area contributed by atoms with E-state index in [4.69, 9.17) is 0 Å². The molecule has 1 nitrogen and oxygen atoms in total. The van der Waals surface area contributed by atoms with Crippen molar-refractivity contribution in [2.24, 2.45) is 5.92 Å². The van der Waals surface area contributed by atoms with Crippen molar-refractivity contribution in [3.05, 3.63) is 46.3 Å². The van der Waals surface area contributed by atoms with Gasteiger partial charge in [-0.3, -0.25) is 4.90 Å². The average molecular weight is 307 g/mol. The van der Waals surface area contributed by atoms with Gasteiger partial charge in [-0.2, -0.15) is 0 Å². The van der Waals surface area contributed by atoms with Gasteiger partial charge >= 0.3 is 0 Å². The lowest BCUT2D eigenvalue weighted by Crippen LogP contribution is -2.37. The van der Waals surface area contributed by atoms with E-state index in [1.165, 1.54) is 59.1 Å². The lowest BCUT2D eigenvalue weighted by atomic mass is 9.93. The summed E-state index contributed by atoms with van der Waals surface area (Å²) in [6.45, 7) is 10.2. The summed E-state index contributed by atoms with van der Waals surface area (Å²) in [6.07, 6.45) is 8.59. The fraction of sp³-hybridized carbons (Fsp3) is 0.455. The van der Waals surface area contributed by atoms with E-state index in [1.807, 2.05) is 0 Å². The summed E-state index contributed by atoms with van der Waals surface area (Å²) in [5.41, 5.74) is 1.51. The summed E-state index contributed by atoms with van der Waals surface area (Å²) in [7, 11) is 0. The van der Waals surface area contributed by atoms with Crippen LogP contribution in [0.4, 0.5) is 0 Å². The fourth-order valence-corrected chi connectivity index (χ4v) is 3.99. The Kier molecular flexibility index (Phi) is 5.17.